The fourth-order valence-corrected chi connectivity index (χ4v) is 2.17. The van der Waals surface area contributed by atoms with E-state index in [4.69, 9.17) is 5.21 Å². The molecule has 0 aromatic heterocycles. The van der Waals surface area contributed by atoms with E-state index in [1.165, 1.54) is 6.07 Å². The van der Waals surface area contributed by atoms with Gasteiger partial charge in [0.15, 0.2) is 0 Å². The van der Waals surface area contributed by atoms with Crippen LogP contribution in [-0.2, 0) is 0 Å². The van der Waals surface area contributed by atoms with E-state index in [2.05, 4.69) is 15.3 Å². The lowest BCUT2D eigenvalue weighted by molar-refractivity contribution is 0.0944. The second kappa shape index (κ2) is 5.44. The largest absolute Gasteiger partial charge is 0.369 e. The Hall–Kier alpha value is -1.17. The number of rotatable bonds is 3. The van der Waals surface area contributed by atoms with Crippen LogP contribution in [0.2, 0.25) is 0 Å². The van der Waals surface area contributed by atoms with Crippen LogP contribution in [0.4, 0.5) is 10.1 Å². The number of hydrogen-bond donors (Lipinski definition) is 2. The quantitative estimate of drug-likeness (QED) is 0.777. The zero-order valence-corrected chi connectivity index (χ0v) is 9.99. The van der Waals surface area contributed by atoms with E-state index in [9.17, 15) is 4.39 Å². The molecule has 4 nitrogen and oxygen atoms in total. The second-order valence-corrected chi connectivity index (χ2v) is 4.35. The van der Waals surface area contributed by atoms with Crippen molar-refractivity contribution in [3.63, 3.8) is 0 Å². The first-order valence-electron chi connectivity index (χ1n) is 5.81. The van der Waals surface area contributed by atoms with Crippen LogP contribution in [0.3, 0.4) is 0 Å². The van der Waals surface area contributed by atoms with Crippen molar-refractivity contribution < 1.29 is 9.60 Å². The molecule has 0 aliphatic carbocycles. The Morgan fingerprint density at radius 2 is 2.00 bits per heavy atom. The molecule has 0 atom stereocenters. The molecule has 0 radical (unpaired) electrons. The highest BCUT2D eigenvalue weighted by Gasteiger charge is 2.18. The van der Waals surface area contributed by atoms with E-state index in [-0.39, 0.29) is 5.82 Å². The molecule has 1 fully saturated rings. The minimum Gasteiger partial charge on any atom is -0.369 e. The van der Waals surface area contributed by atoms with Gasteiger partial charge in [-0.25, -0.2) is 4.39 Å². The van der Waals surface area contributed by atoms with Crippen LogP contribution in [0.25, 0.3) is 0 Å². The molecular weight excluding hydrogens is 221 g/mol. The average Bonchev–Trinajstić information content (AvgIpc) is 2.34. The number of hydroxylamine groups is 1. The third-order valence-corrected chi connectivity index (χ3v) is 3.18. The molecule has 1 aliphatic rings. The van der Waals surface area contributed by atoms with Gasteiger partial charge in [0.05, 0.1) is 6.67 Å². The van der Waals surface area contributed by atoms with Gasteiger partial charge in [0.25, 0.3) is 0 Å². The maximum Gasteiger partial charge on any atom is 0.125 e. The summed E-state index contributed by atoms with van der Waals surface area (Å²) in [6.45, 7) is 5.91. The van der Waals surface area contributed by atoms with Crippen LogP contribution in [0.5, 0.6) is 0 Å². The summed E-state index contributed by atoms with van der Waals surface area (Å²) < 4.78 is 13.2. The number of piperazine rings is 1. The highest BCUT2D eigenvalue weighted by molar-refractivity contribution is 5.53. The SMILES string of the molecule is Cc1ccc(F)cc1N1CCN(CNO)CC1. The second-order valence-electron chi connectivity index (χ2n) is 4.35. The summed E-state index contributed by atoms with van der Waals surface area (Å²) in [6.07, 6.45) is 0. The van der Waals surface area contributed by atoms with Crippen molar-refractivity contribution in [2.75, 3.05) is 37.7 Å². The molecular formula is C12H18FN3O. The third kappa shape index (κ3) is 2.94. The van der Waals surface area contributed by atoms with Crippen molar-refractivity contribution in [2.45, 2.75) is 6.92 Å². The molecule has 1 saturated heterocycles. The highest BCUT2D eigenvalue weighted by atomic mass is 19.1. The maximum atomic E-state index is 13.2. The summed E-state index contributed by atoms with van der Waals surface area (Å²) >= 11 is 0. The van der Waals surface area contributed by atoms with Crippen LogP contribution in [0.15, 0.2) is 18.2 Å². The van der Waals surface area contributed by atoms with Crippen molar-refractivity contribution in [3.05, 3.63) is 29.6 Å². The van der Waals surface area contributed by atoms with Crippen LogP contribution in [0, 0.1) is 12.7 Å². The minimum absolute atomic E-state index is 0.190. The first-order chi connectivity index (χ1) is 8.20. The summed E-state index contributed by atoms with van der Waals surface area (Å²) in [5.74, 6) is -0.190. The molecule has 1 heterocycles. The molecule has 1 aromatic rings. The van der Waals surface area contributed by atoms with Gasteiger partial charge >= 0.3 is 0 Å². The lowest BCUT2D eigenvalue weighted by Crippen LogP contribution is -2.49. The molecule has 0 spiro atoms. The third-order valence-electron chi connectivity index (χ3n) is 3.18. The van der Waals surface area contributed by atoms with Crippen LogP contribution in [-0.4, -0.2) is 43.0 Å². The van der Waals surface area contributed by atoms with Crippen molar-refractivity contribution in [2.24, 2.45) is 0 Å². The molecule has 1 aromatic carbocycles. The predicted octanol–water partition coefficient (Wildman–Crippen LogP) is 1.19. The van der Waals surface area contributed by atoms with E-state index in [0.717, 1.165) is 37.4 Å². The van der Waals surface area contributed by atoms with Gasteiger partial charge in [-0.15, -0.1) is 0 Å². The summed E-state index contributed by atoms with van der Waals surface area (Å²) in [5.41, 5.74) is 4.23. The van der Waals surface area contributed by atoms with Gasteiger partial charge < -0.3 is 10.1 Å². The van der Waals surface area contributed by atoms with E-state index < -0.39 is 0 Å². The lowest BCUT2D eigenvalue weighted by atomic mass is 10.1. The first kappa shape index (κ1) is 12.3. The number of nitrogens with zero attached hydrogens (tertiary/aromatic N) is 2. The number of hydrogen-bond acceptors (Lipinski definition) is 4. The van der Waals surface area contributed by atoms with E-state index in [0.29, 0.717) is 6.67 Å². The van der Waals surface area contributed by atoms with Crippen molar-refractivity contribution in [1.82, 2.24) is 10.4 Å². The molecule has 0 unspecified atom stereocenters. The van der Waals surface area contributed by atoms with Gasteiger partial charge in [-0.2, -0.15) is 5.48 Å². The summed E-state index contributed by atoms with van der Waals surface area (Å²) in [7, 11) is 0. The molecule has 17 heavy (non-hydrogen) atoms. The Kier molecular flexibility index (Phi) is 3.93. The zero-order valence-electron chi connectivity index (χ0n) is 9.99. The number of nitrogens with one attached hydrogen (secondary N) is 1. The standard InChI is InChI=1S/C12H18FN3O/c1-10-2-3-11(13)8-12(10)16-6-4-15(5-7-16)9-14-17/h2-3,8,14,17H,4-7,9H2,1H3. The topological polar surface area (TPSA) is 38.7 Å². The van der Waals surface area contributed by atoms with Gasteiger partial charge in [0.1, 0.15) is 5.82 Å². The number of aryl methyl sites for hydroxylation is 1. The zero-order chi connectivity index (χ0) is 12.3. The summed E-state index contributed by atoms with van der Waals surface area (Å²) in [5, 5.41) is 8.63. The number of anilines is 1. The van der Waals surface area contributed by atoms with Crippen molar-refractivity contribution in [1.29, 1.82) is 0 Å². The fraction of sp³-hybridized carbons (Fsp3) is 0.500. The first-order valence-corrected chi connectivity index (χ1v) is 5.81. The monoisotopic (exact) mass is 239 g/mol. The molecule has 0 amide bonds. The molecule has 0 bridgehead atoms. The Morgan fingerprint density at radius 1 is 1.29 bits per heavy atom. The Bertz CT molecular complexity index is 378. The predicted molar refractivity (Wildman–Crippen MR) is 64.7 cm³/mol. The van der Waals surface area contributed by atoms with E-state index in [1.54, 1.807) is 6.07 Å². The molecule has 5 heteroatoms. The molecule has 0 saturated carbocycles. The van der Waals surface area contributed by atoms with E-state index >= 15 is 0 Å². The van der Waals surface area contributed by atoms with E-state index in [1.807, 2.05) is 13.0 Å². The lowest BCUT2D eigenvalue weighted by Gasteiger charge is -2.36. The fourth-order valence-electron chi connectivity index (χ4n) is 2.17. The molecule has 94 valence electrons. The molecule has 1 aliphatic heterocycles. The molecule has 2 rings (SSSR count). The smallest absolute Gasteiger partial charge is 0.125 e. The average molecular weight is 239 g/mol. The Morgan fingerprint density at radius 3 is 2.65 bits per heavy atom. The molecule has 2 N–H and O–H groups in total. The van der Waals surface area contributed by atoms with Gasteiger partial charge in [-0.1, -0.05) is 6.07 Å². The normalized spacial score (nSPS) is 17.5. The van der Waals surface area contributed by atoms with Crippen molar-refractivity contribution in [3.8, 4) is 0 Å². The Labute approximate surface area is 101 Å². The van der Waals surface area contributed by atoms with Gasteiger partial charge in [0.2, 0.25) is 0 Å². The van der Waals surface area contributed by atoms with Crippen LogP contribution in [0.1, 0.15) is 5.56 Å². The van der Waals surface area contributed by atoms with Crippen LogP contribution < -0.4 is 10.4 Å². The Balaban J connectivity index is 2.02. The minimum atomic E-state index is -0.190. The maximum absolute atomic E-state index is 13.2. The number of benzene rings is 1. The van der Waals surface area contributed by atoms with Crippen LogP contribution >= 0.6 is 0 Å². The van der Waals surface area contributed by atoms with Gasteiger partial charge in [-0.05, 0) is 24.6 Å². The van der Waals surface area contributed by atoms with Gasteiger partial charge in [0, 0.05) is 31.9 Å². The van der Waals surface area contributed by atoms with Gasteiger partial charge in [-0.3, -0.25) is 4.90 Å². The summed E-state index contributed by atoms with van der Waals surface area (Å²) in [6, 6.07) is 4.90. The van der Waals surface area contributed by atoms with Crippen molar-refractivity contribution >= 4 is 5.69 Å². The number of halogens is 1. The summed E-state index contributed by atoms with van der Waals surface area (Å²) in [4.78, 5) is 4.30. The highest BCUT2D eigenvalue weighted by Crippen LogP contribution is 2.22.